The summed E-state index contributed by atoms with van der Waals surface area (Å²) in [7, 11) is 0. The van der Waals surface area contributed by atoms with E-state index < -0.39 is 17.5 Å². The van der Waals surface area contributed by atoms with Gasteiger partial charge in [0, 0.05) is 0 Å². The Balaban J connectivity index is 1.97. The molecule has 0 aromatic carbocycles. The number of rotatable bonds is 7. The fourth-order valence-corrected chi connectivity index (χ4v) is 2.76. The summed E-state index contributed by atoms with van der Waals surface area (Å²) in [5.41, 5.74) is 4.43. The first-order chi connectivity index (χ1) is 10.3. The number of nitrogens with one attached hydrogen (secondary N) is 3. The SMILES string of the molecule is CC(C)C[C@@H](NC(=O)[C@@H]1CCCN1)C(=O)NC1(C(N)=O)CC1. The van der Waals surface area contributed by atoms with Crippen LogP contribution >= 0.6 is 0 Å². The number of nitrogens with two attached hydrogens (primary N) is 1. The monoisotopic (exact) mass is 310 g/mol. The predicted molar refractivity (Wildman–Crippen MR) is 81.7 cm³/mol. The molecule has 0 bridgehead atoms. The van der Waals surface area contributed by atoms with Gasteiger partial charge in [0.15, 0.2) is 0 Å². The molecule has 7 nitrogen and oxygen atoms in total. The number of amides is 3. The third-order valence-electron chi connectivity index (χ3n) is 4.30. The first-order valence-corrected chi connectivity index (χ1v) is 8.00. The van der Waals surface area contributed by atoms with Crippen molar-refractivity contribution in [1.82, 2.24) is 16.0 Å². The molecule has 2 aliphatic rings. The molecule has 0 aromatic heterocycles. The molecule has 0 unspecified atom stereocenters. The molecule has 1 heterocycles. The summed E-state index contributed by atoms with van der Waals surface area (Å²) in [6, 6.07) is -0.861. The topological polar surface area (TPSA) is 113 Å². The zero-order valence-electron chi connectivity index (χ0n) is 13.3. The van der Waals surface area contributed by atoms with Gasteiger partial charge < -0.3 is 21.7 Å². The van der Waals surface area contributed by atoms with Crippen LogP contribution in [0.15, 0.2) is 0 Å². The maximum absolute atomic E-state index is 12.4. The van der Waals surface area contributed by atoms with Gasteiger partial charge in [-0.05, 0) is 44.6 Å². The molecule has 2 atom stereocenters. The lowest BCUT2D eigenvalue weighted by Crippen LogP contribution is -2.56. The van der Waals surface area contributed by atoms with Gasteiger partial charge in [-0.25, -0.2) is 0 Å². The van der Waals surface area contributed by atoms with Crippen LogP contribution in [-0.4, -0.2) is 41.9 Å². The molecule has 1 aliphatic heterocycles. The summed E-state index contributed by atoms with van der Waals surface area (Å²) in [6.45, 7) is 4.80. The molecule has 5 N–H and O–H groups in total. The standard InChI is InChI=1S/C15H26N4O3/c1-9(2)8-11(18-12(20)10-4-3-7-17-10)13(21)19-15(5-6-15)14(16)22/h9-11,17H,3-8H2,1-2H3,(H2,16,22)(H,18,20)(H,19,21)/t10-,11+/m0/s1. The fraction of sp³-hybridized carbons (Fsp3) is 0.800. The molecular weight excluding hydrogens is 284 g/mol. The van der Waals surface area contributed by atoms with Crippen molar-refractivity contribution in [3.63, 3.8) is 0 Å². The lowest BCUT2D eigenvalue weighted by atomic mass is 10.0. The maximum atomic E-state index is 12.4. The summed E-state index contributed by atoms with van der Waals surface area (Å²) in [5.74, 6) is -0.733. The van der Waals surface area contributed by atoms with Crippen LogP contribution < -0.4 is 21.7 Å². The van der Waals surface area contributed by atoms with Crippen molar-refractivity contribution >= 4 is 17.7 Å². The minimum absolute atomic E-state index is 0.151. The molecule has 2 rings (SSSR count). The molecule has 0 radical (unpaired) electrons. The third kappa shape index (κ3) is 3.97. The van der Waals surface area contributed by atoms with Gasteiger partial charge in [0.1, 0.15) is 11.6 Å². The second kappa shape index (κ2) is 6.64. The summed E-state index contributed by atoms with van der Waals surface area (Å²) in [4.78, 5) is 36.1. The van der Waals surface area contributed by atoms with Crippen LogP contribution in [0.3, 0.4) is 0 Å². The molecule has 0 aromatic rings. The van der Waals surface area contributed by atoms with Crippen LogP contribution in [0.1, 0.15) is 46.0 Å². The summed E-state index contributed by atoms with van der Waals surface area (Å²) in [5, 5.41) is 8.65. The van der Waals surface area contributed by atoms with Crippen molar-refractivity contribution in [1.29, 1.82) is 0 Å². The third-order valence-corrected chi connectivity index (χ3v) is 4.30. The minimum atomic E-state index is -0.900. The van der Waals surface area contributed by atoms with E-state index >= 15 is 0 Å². The Bertz CT molecular complexity index is 454. The van der Waals surface area contributed by atoms with Crippen LogP contribution in [0.4, 0.5) is 0 Å². The smallest absolute Gasteiger partial charge is 0.243 e. The van der Waals surface area contributed by atoms with Gasteiger partial charge in [-0.1, -0.05) is 13.8 Å². The maximum Gasteiger partial charge on any atom is 0.243 e. The summed E-state index contributed by atoms with van der Waals surface area (Å²) < 4.78 is 0. The fourth-order valence-electron chi connectivity index (χ4n) is 2.76. The van der Waals surface area contributed by atoms with Crippen molar-refractivity contribution in [3.8, 4) is 0 Å². The van der Waals surface area contributed by atoms with E-state index in [1.54, 1.807) is 0 Å². The average molecular weight is 310 g/mol. The van der Waals surface area contributed by atoms with Gasteiger partial charge in [0.25, 0.3) is 0 Å². The highest BCUT2D eigenvalue weighted by molar-refractivity contribution is 5.96. The first-order valence-electron chi connectivity index (χ1n) is 8.00. The van der Waals surface area contributed by atoms with E-state index in [9.17, 15) is 14.4 Å². The molecule has 3 amide bonds. The normalized spacial score (nSPS) is 23.9. The zero-order valence-corrected chi connectivity index (χ0v) is 13.3. The predicted octanol–water partition coefficient (Wildman–Crippen LogP) is -0.597. The van der Waals surface area contributed by atoms with Crippen molar-refractivity contribution in [2.24, 2.45) is 11.7 Å². The molecule has 1 aliphatic carbocycles. The molecular formula is C15H26N4O3. The van der Waals surface area contributed by atoms with Gasteiger partial charge in [0.05, 0.1) is 6.04 Å². The quantitative estimate of drug-likeness (QED) is 0.503. The lowest BCUT2D eigenvalue weighted by Gasteiger charge is -2.24. The highest BCUT2D eigenvalue weighted by atomic mass is 16.2. The van der Waals surface area contributed by atoms with E-state index in [1.165, 1.54) is 0 Å². The van der Waals surface area contributed by atoms with E-state index in [1.807, 2.05) is 13.8 Å². The lowest BCUT2D eigenvalue weighted by molar-refractivity contribution is -0.132. The van der Waals surface area contributed by atoms with E-state index in [2.05, 4.69) is 16.0 Å². The van der Waals surface area contributed by atoms with E-state index in [0.29, 0.717) is 19.3 Å². The van der Waals surface area contributed by atoms with Gasteiger partial charge in [-0.3, -0.25) is 14.4 Å². The first kappa shape index (κ1) is 16.7. The van der Waals surface area contributed by atoms with Gasteiger partial charge >= 0.3 is 0 Å². The molecule has 22 heavy (non-hydrogen) atoms. The Hall–Kier alpha value is -1.63. The van der Waals surface area contributed by atoms with E-state index in [0.717, 1.165) is 19.4 Å². The molecule has 124 valence electrons. The Kier molecular flexibility index (Phi) is 5.05. The average Bonchev–Trinajstić information content (AvgIpc) is 3.01. The second-order valence-electron chi connectivity index (χ2n) is 6.78. The van der Waals surface area contributed by atoms with Crippen LogP contribution in [0.25, 0.3) is 0 Å². The molecule has 1 saturated carbocycles. The Morgan fingerprint density at radius 2 is 2.00 bits per heavy atom. The summed E-state index contributed by atoms with van der Waals surface area (Å²) >= 11 is 0. The number of carbonyl (C=O) groups excluding carboxylic acids is 3. The van der Waals surface area contributed by atoms with Gasteiger partial charge in [-0.2, -0.15) is 0 Å². The molecule has 1 saturated heterocycles. The zero-order chi connectivity index (χ0) is 16.3. The van der Waals surface area contributed by atoms with Crippen molar-refractivity contribution in [2.75, 3.05) is 6.54 Å². The molecule has 7 heteroatoms. The van der Waals surface area contributed by atoms with Crippen LogP contribution in [0.2, 0.25) is 0 Å². The second-order valence-corrected chi connectivity index (χ2v) is 6.78. The van der Waals surface area contributed by atoms with Crippen LogP contribution in [-0.2, 0) is 14.4 Å². The summed E-state index contributed by atoms with van der Waals surface area (Å²) in [6.07, 6.45) is 3.41. The van der Waals surface area contributed by atoms with Gasteiger partial charge in [0.2, 0.25) is 17.7 Å². The number of hydrogen-bond acceptors (Lipinski definition) is 4. The van der Waals surface area contributed by atoms with Gasteiger partial charge in [-0.15, -0.1) is 0 Å². The van der Waals surface area contributed by atoms with E-state index in [4.69, 9.17) is 5.73 Å². The Morgan fingerprint density at radius 1 is 1.32 bits per heavy atom. The number of hydrogen-bond donors (Lipinski definition) is 4. The Labute approximate surface area is 130 Å². The van der Waals surface area contributed by atoms with Crippen molar-refractivity contribution < 1.29 is 14.4 Å². The van der Waals surface area contributed by atoms with Crippen LogP contribution in [0, 0.1) is 5.92 Å². The highest BCUT2D eigenvalue weighted by Gasteiger charge is 2.50. The van der Waals surface area contributed by atoms with E-state index in [-0.39, 0.29) is 23.8 Å². The van der Waals surface area contributed by atoms with Crippen LogP contribution in [0.5, 0.6) is 0 Å². The van der Waals surface area contributed by atoms with Crippen molar-refractivity contribution in [2.45, 2.75) is 63.6 Å². The van der Waals surface area contributed by atoms with Crippen molar-refractivity contribution in [3.05, 3.63) is 0 Å². The number of primary amides is 1. The largest absolute Gasteiger partial charge is 0.368 e. The highest BCUT2D eigenvalue weighted by Crippen LogP contribution is 2.35. The minimum Gasteiger partial charge on any atom is -0.368 e. The number of carbonyl (C=O) groups is 3. The molecule has 2 fully saturated rings. The Morgan fingerprint density at radius 3 is 2.45 bits per heavy atom. The molecule has 0 spiro atoms.